The van der Waals surface area contributed by atoms with Crippen molar-refractivity contribution in [1.29, 1.82) is 0 Å². The maximum Gasteiger partial charge on any atom is 0.0897 e. The van der Waals surface area contributed by atoms with Gasteiger partial charge in [0, 0.05) is 23.2 Å². The lowest BCUT2D eigenvalue weighted by Crippen LogP contribution is -2.41. The van der Waals surface area contributed by atoms with Gasteiger partial charge in [0.15, 0.2) is 0 Å². The van der Waals surface area contributed by atoms with E-state index < -0.39 is 0 Å². The van der Waals surface area contributed by atoms with Crippen LogP contribution in [0.15, 0.2) is 6.20 Å². The lowest BCUT2D eigenvalue weighted by Gasteiger charge is -2.22. The molecule has 0 aliphatic rings. The van der Waals surface area contributed by atoms with Crippen LogP contribution in [-0.2, 0) is 6.54 Å². The zero-order valence-corrected chi connectivity index (χ0v) is 9.11. The molecule has 1 aromatic heterocycles. The van der Waals surface area contributed by atoms with Gasteiger partial charge in [0.05, 0.1) is 11.6 Å². The normalized spacial score (nSPS) is 12.0. The van der Waals surface area contributed by atoms with Crippen molar-refractivity contribution in [2.45, 2.75) is 32.9 Å². The van der Waals surface area contributed by atoms with Crippen LogP contribution in [0, 0.1) is 6.92 Å². The minimum atomic E-state index is -0.210. The molecule has 1 rings (SSSR count). The molecule has 74 valence electrons. The van der Waals surface area contributed by atoms with Crippen molar-refractivity contribution in [3.8, 4) is 0 Å². The molecule has 0 atom stereocenters. The van der Waals surface area contributed by atoms with Crippen LogP contribution in [-0.4, -0.2) is 22.2 Å². The molecule has 0 aliphatic heterocycles. The molecule has 0 fully saturated rings. The Kier molecular flexibility index (Phi) is 3.41. The lowest BCUT2D eigenvalue weighted by atomic mass is 10.1. The minimum absolute atomic E-state index is 0.144. The molecule has 0 bridgehead atoms. The Hall–Kier alpha value is -0.450. The minimum Gasteiger partial charge on any atom is -0.394 e. The highest BCUT2D eigenvalue weighted by Crippen LogP contribution is 2.12. The summed E-state index contributed by atoms with van der Waals surface area (Å²) in [7, 11) is 0. The first-order valence-corrected chi connectivity index (χ1v) is 5.12. The van der Waals surface area contributed by atoms with E-state index in [-0.39, 0.29) is 12.1 Å². The Morgan fingerprint density at radius 2 is 2.31 bits per heavy atom. The van der Waals surface area contributed by atoms with E-state index in [4.69, 9.17) is 5.11 Å². The van der Waals surface area contributed by atoms with E-state index in [9.17, 15) is 0 Å². The van der Waals surface area contributed by atoms with Crippen molar-refractivity contribution in [1.82, 2.24) is 10.3 Å². The van der Waals surface area contributed by atoms with Gasteiger partial charge in [-0.15, -0.1) is 11.3 Å². The number of aliphatic hydroxyl groups excluding tert-OH is 1. The molecule has 13 heavy (non-hydrogen) atoms. The predicted octanol–water partition coefficient (Wildman–Crippen LogP) is 1.31. The van der Waals surface area contributed by atoms with Gasteiger partial charge in [-0.3, -0.25) is 0 Å². The second-order valence-corrected chi connectivity index (χ2v) is 5.06. The van der Waals surface area contributed by atoms with Gasteiger partial charge in [0.2, 0.25) is 0 Å². The Morgan fingerprint density at radius 3 is 2.77 bits per heavy atom. The van der Waals surface area contributed by atoms with Crippen LogP contribution in [0.1, 0.15) is 23.7 Å². The molecule has 0 saturated carbocycles. The van der Waals surface area contributed by atoms with Gasteiger partial charge in [0.25, 0.3) is 0 Å². The first-order valence-electron chi connectivity index (χ1n) is 4.31. The summed E-state index contributed by atoms with van der Waals surface area (Å²) in [5.41, 5.74) is -0.210. The SMILES string of the molecule is Cc1ncc(CNC(C)(C)CO)s1. The van der Waals surface area contributed by atoms with E-state index in [1.807, 2.05) is 27.0 Å². The second kappa shape index (κ2) is 4.17. The van der Waals surface area contributed by atoms with Crippen LogP contribution >= 0.6 is 11.3 Å². The first kappa shape index (κ1) is 10.6. The van der Waals surface area contributed by atoms with Crippen LogP contribution in [0.25, 0.3) is 0 Å². The van der Waals surface area contributed by atoms with E-state index in [1.54, 1.807) is 11.3 Å². The van der Waals surface area contributed by atoms with Crippen LogP contribution in [0.5, 0.6) is 0 Å². The number of aliphatic hydroxyl groups is 1. The summed E-state index contributed by atoms with van der Waals surface area (Å²) in [6, 6.07) is 0. The topological polar surface area (TPSA) is 45.2 Å². The van der Waals surface area contributed by atoms with Crippen LogP contribution in [0.4, 0.5) is 0 Å². The largest absolute Gasteiger partial charge is 0.394 e. The fourth-order valence-electron chi connectivity index (χ4n) is 0.869. The third-order valence-corrected chi connectivity index (χ3v) is 2.72. The zero-order chi connectivity index (χ0) is 9.90. The zero-order valence-electron chi connectivity index (χ0n) is 8.29. The smallest absolute Gasteiger partial charge is 0.0897 e. The molecule has 2 N–H and O–H groups in total. The van der Waals surface area contributed by atoms with E-state index in [0.29, 0.717) is 0 Å². The van der Waals surface area contributed by atoms with E-state index in [1.165, 1.54) is 4.88 Å². The number of hydrogen-bond donors (Lipinski definition) is 2. The number of rotatable bonds is 4. The summed E-state index contributed by atoms with van der Waals surface area (Å²) in [5, 5.41) is 13.3. The van der Waals surface area contributed by atoms with Crippen molar-refractivity contribution in [3.05, 3.63) is 16.1 Å². The van der Waals surface area contributed by atoms with Gasteiger partial charge in [-0.1, -0.05) is 0 Å². The van der Waals surface area contributed by atoms with Gasteiger partial charge in [-0.05, 0) is 20.8 Å². The highest BCUT2D eigenvalue weighted by molar-refractivity contribution is 7.11. The van der Waals surface area contributed by atoms with Crippen molar-refractivity contribution in [2.24, 2.45) is 0 Å². The molecule has 0 unspecified atom stereocenters. The molecule has 1 heterocycles. The highest BCUT2D eigenvalue weighted by atomic mass is 32.1. The standard InChI is InChI=1S/C9H16N2OS/c1-7-10-4-8(13-7)5-11-9(2,3)6-12/h4,11-12H,5-6H2,1-3H3. The molecular weight excluding hydrogens is 184 g/mol. The number of nitrogens with one attached hydrogen (secondary N) is 1. The Balaban J connectivity index is 2.43. The fraction of sp³-hybridized carbons (Fsp3) is 0.667. The van der Waals surface area contributed by atoms with Gasteiger partial charge < -0.3 is 10.4 Å². The average Bonchev–Trinajstić information content (AvgIpc) is 2.48. The summed E-state index contributed by atoms with van der Waals surface area (Å²) in [6.45, 7) is 6.86. The summed E-state index contributed by atoms with van der Waals surface area (Å²) < 4.78 is 0. The number of aryl methyl sites for hydroxylation is 1. The maximum absolute atomic E-state index is 9.00. The molecule has 0 aromatic carbocycles. The average molecular weight is 200 g/mol. The second-order valence-electron chi connectivity index (χ2n) is 3.74. The maximum atomic E-state index is 9.00. The molecule has 0 aliphatic carbocycles. The molecule has 0 spiro atoms. The molecular formula is C9H16N2OS. The van der Waals surface area contributed by atoms with Gasteiger partial charge in [0.1, 0.15) is 0 Å². The molecule has 0 radical (unpaired) electrons. The monoisotopic (exact) mass is 200 g/mol. The van der Waals surface area contributed by atoms with Gasteiger partial charge in [-0.2, -0.15) is 0 Å². The van der Waals surface area contributed by atoms with Crippen molar-refractivity contribution in [2.75, 3.05) is 6.61 Å². The predicted molar refractivity (Wildman–Crippen MR) is 54.9 cm³/mol. The Bertz CT molecular complexity index is 270. The third kappa shape index (κ3) is 3.42. The summed E-state index contributed by atoms with van der Waals surface area (Å²) in [5.74, 6) is 0. The fourth-order valence-corrected chi connectivity index (χ4v) is 1.60. The Morgan fingerprint density at radius 1 is 1.62 bits per heavy atom. The van der Waals surface area contributed by atoms with Crippen LogP contribution in [0.3, 0.4) is 0 Å². The van der Waals surface area contributed by atoms with E-state index >= 15 is 0 Å². The lowest BCUT2D eigenvalue weighted by molar-refractivity contribution is 0.187. The van der Waals surface area contributed by atoms with Gasteiger partial charge >= 0.3 is 0 Å². The molecule has 1 aromatic rings. The van der Waals surface area contributed by atoms with E-state index in [0.717, 1.165) is 11.6 Å². The summed E-state index contributed by atoms with van der Waals surface area (Å²) >= 11 is 1.68. The van der Waals surface area contributed by atoms with E-state index in [2.05, 4.69) is 10.3 Å². The third-order valence-electron chi connectivity index (χ3n) is 1.81. The number of thiazole rings is 1. The quantitative estimate of drug-likeness (QED) is 0.770. The number of aromatic nitrogens is 1. The van der Waals surface area contributed by atoms with Crippen molar-refractivity contribution in [3.63, 3.8) is 0 Å². The molecule has 0 saturated heterocycles. The molecule has 0 amide bonds. The molecule has 4 heteroatoms. The first-order chi connectivity index (χ1) is 6.03. The molecule has 3 nitrogen and oxygen atoms in total. The highest BCUT2D eigenvalue weighted by Gasteiger charge is 2.15. The summed E-state index contributed by atoms with van der Waals surface area (Å²) in [6.07, 6.45) is 1.88. The van der Waals surface area contributed by atoms with Crippen molar-refractivity contribution < 1.29 is 5.11 Å². The number of hydrogen-bond acceptors (Lipinski definition) is 4. The van der Waals surface area contributed by atoms with Crippen molar-refractivity contribution >= 4 is 11.3 Å². The van der Waals surface area contributed by atoms with Crippen LogP contribution < -0.4 is 5.32 Å². The summed E-state index contributed by atoms with van der Waals surface area (Å²) in [4.78, 5) is 5.37. The Labute approximate surface area is 82.8 Å². The van der Waals surface area contributed by atoms with Crippen LogP contribution in [0.2, 0.25) is 0 Å². The van der Waals surface area contributed by atoms with Gasteiger partial charge in [-0.25, -0.2) is 4.98 Å². The number of nitrogens with zero attached hydrogens (tertiary/aromatic N) is 1.